The lowest BCUT2D eigenvalue weighted by Gasteiger charge is -2.26. The van der Waals surface area contributed by atoms with Crippen molar-refractivity contribution in [1.29, 1.82) is 0 Å². The highest BCUT2D eigenvalue weighted by atomic mass is 35.5. The molecule has 1 atom stereocenters. The first-order valence-electron chi connectivity index (χ1n) is 7.82. The highest BCUT2D eigenvalue weighted by molar-refractivity contribution is 6.28. The Morgan fingerprint density at radius 3 is 2.38 bits per heavy atom. The Bertz CT molecular complexity index is 876. The molecule has 0 aliphatic carbocycles. The van der Waals surface area contributed by atoms with Crippen molar-refractivity contribution < 1.29 is 4.39 Å². The van der Waals surface area contributed by atoms with Gasteiger partial charge in [-0.05, 0) is 32.4 Å². The molecular formula is C15H17ClFN9. The first kappa shape index (κ1) is 17.9. The van der Waals surface area contributed by atoms with Gasteiger partial charge < -0.3 is 10.3 Å². The first-order valence-corrected chi connectivity index (χ1v) is 8.20. The smallest absolute Gasteiger partial charge is 0.237 e. The van der Waals surface area contributed by atoms with E-state index >= 15 is 0 Å². The van der Waals surface area contributed by atoms with Crippen LogP contribution >= 0.6 is 11.6 Å². The number of nitrogen functional groups attached to an aromatic ring is 1. The predicted molar refractivity (Wildman–Crippen MR) is 94.4 cm³/mol. The number of hydrogen-bond donors (Lipinski definition) is 1. The fourth-order valence-corrected chi connectivity index (χ4v) is 2.48. The number of halogens is 2. The van der Waals surface area contributed by atoms with Gasteiger partial charge in [-0.15, -0.1) is 0 Å². The molecule has 0 aliphatic heterocycles. The van der Waals surface area contributed by atoms with Gasteiger partial charge in [-0.25, -0.2) is 19.3 Å². The molecule has 3 rings (SSSR count). The van der Waals surface area contributed by atoms with Gasteiger partial charge in [0.25, 0.3) is 0 Å². The molecule has 2 N–H and O–H groups in total. The van der Waals surface area contributed by atoms with Gasteiger partial charge >= 0.3 is 0 Å². The van der Waals surface area contributed by atoms with E-state index in [1.165, 1.54) is 0 Å². The Morgan fingerprint density at radius 1 is 1.12 bits per heavy atom. The molecule has 0 aromatic carbocycles. The number of hydrogen-bond acceptors (Lipinski definition) is 8. The van der Waals surface area contributed by atoms with Gasteiger partial charge in [-0.1, -0.05) is 0 Å². The second kappa shape index (κ2) is 7.16. The van der Waals surface area contributed by atoms with Gasteiger partial charge in [0.15, 0.2) is 17.5 Å². The van der Waals surface area contributed by atoms with E-state index in [0.717, 1.165) is 12.4 Å². The van der Waals surface area contributed by atoms with E-state index in [9.17, 15) is 4.39 Å². The van der Waals surface area contributed by atoms with Crippen molar-refractivity contribution in [2.24, 2.45) is 0 Å². The Labute approximate surface area is 154 Å². The molecule has 0 saturated carbocycles. The van der Waals surface area contributed by atoms with Crippen molar-refractivity contribution in [3.8, 4) is 0 Å². The summed E-state index contributed by atoms with van der Waals surface area (Å²) < 4.78 is 15.1. The summed E-state index contributed by atoms with van der Waals surface area (Å²) in [5.74, 6) is 0.544. The molecule has 11 heteroatoms. The van der Waals surface area contributed by atoms with Crippen molar-refractivity contribution >= 4 is 29.3 Å². The molecule has 9 nitrogen and oxygen atoms in total. The van der Waals surface area contributed by atoms with Gasteiger partial charge in [0.2, 0.25) is 17.2 Å². The molecule has 0 amide bonds. The van der Waals surface area contributed by atoms with Crippen LogP contribution in [0.5, 0.6) is 0 Å². The third-order valence-corrected chi connectivity index (χ3v) is 3.83. The summed E-state index contributed by atoms with van der Waals surface area (Å²) in [7, 11) is 0. The Morgan fingerprint density at radius 2 is 1.81 bits per heavy atom. The third kappa shape index (κ3) is 3.69. The fourth-order valence-electron chi connectivity index (χ4n) is 2.32. The molecule has 0 aliphatic rings. The van der Waals surface area contributed by atoms with Crippen LogP contribution < -0.4 is 10.6 Å². The Kier molecular flexibility index (Phi) is 4.94. The minimum Gasteiger partial charge on any atom is -0.368 e. The van der Waals surface area contributed by atoms with Crippen molar-refractivity contribution in [2.45, 2.75) is 32.9 Å². The molecule has 3 aromatic rings. The molecule has 26 heavy (non-hydrogen) atoms. The fraction of sp³-hybridized carbons (Fsp3) is 0.333. The SMILES string of the molecule is CC(C)n1cnc(N(c2nc(N)nc(Cl)n2)[C@@H](C)c2ncc(F)cn2)c1. The number of nitrogens with two attached hydrogens (primary N) is 1. The van der Waals surface area contributed by atoms with Gasteiger partial charge in [-0.3, -0.25) is 4.90 Å². The van der Waals surface area contributed by atoms with Crippen LogP contribution in [0, 0.1) is 5.82 Å². The van der Waals surface area contributed by atoms with Crippen LogP contribution in [0.4, 0.5) is 22.1 Å². The summed E-state index contributed by atoms with van der Waals surface area (Å²) in [6.45, 7) is 5.87. The van der Waals surface area contributed by atoms with Crippen LogP contribution in [-0.2, 0) is 0 Å². The molecule has 0 fully saturated rings. The van der Waals surface area contributed by atoms with Crippen LogP contribution in [0.2, 0.25) is 5.28 Å². The Hall–Kier alpha value is -2.88. The van der Waals surface area contributed by atoms with E-state index in [4.69, 9.17) is 17.3 Å². The number of rotatable bonds is 5. The van der Waals surface area contributed by atoms with Crippen LogP contribution in [-0.4, -0.2) is 34.5 Å². The van der Waals surface area contributed by atoms with Gasteiger partial charge in [-0.2, -0.15) is 15.0 Å². The van der Waals surface area contributed by atoms with E-state index in [2.05, 4.69) is 29.9 Å². The summed E-state index contributed by atoms with van der Waals surface area (Å²) >= 11 is 5.93. The van der Waals surface area contributed by atoms with Crippen LogP contribution in [0.25, 0.3) is 0 Å². The second-order valence-electron chi connectivity index (χ2n) is 5.84. The predicted octanol–water partition coefficient (Wildman–Crippen LogP) is 2.71. The zero-order valence-electron chi connectivity index (χ0n) is 14.4. The van der Waals surface area contributed by atoms with E-state index in [0.29, 0.717) is 11.6 Å². The molecule has 0 saturated heterocycles. The lowest BCUT2D eigenvalue weighted by atomic mass is 10.2. The maximum absolute atomic E-state index is 13.2. The summed E-state index contributed by atoms with van der Waals surface area (Å²) in [5.41, 5.74) is 5.71. The molecule has 0 unspecified atom stereocenters. The van der Waals surface area contributed by atoms with Crippen molar-refractivity contribution in [3.63, 3.8) is 0 Å². The maximum atomic E-state index is 13.2. The summed E-state index contributed by atoms with van der Waals surface area (Å²) in [5, 5.41) is -0.0481. The lowest BCUT2D eigenvalue weighted by Crippen LogP contribution is -2.26. The van der Waals surface area contributed by atoms with Crippen LogP contribution in [0.3, 0.4) is 0 Å². The average Bonchev–Trinajstić information content (AvgIpc) is 3.04. The molecule has 0 radical (unpaired) electrons. The van der Waals surface area contributed by atoms with Crippen LogP contribution in [0.1, 0.15) is 38.7 Å². The zero-order valence-corrected chi connectivity index (χ0v) is 15.1. The van der Waals surface area contributed by atoms with Crippen molar-refractivity contribution in [1.82, 2.24) is 34.5 Å². The molecule has 3 heterocycles. The average molecular weight is 378 g/mol. The minimum absolute atomic E-state index is 0.0273. The van der Waals surface area contributed by atoms with E-state index < -0.39 is 11.9 Å². The lowest BCUT2D eigenvalue weighted by molar-refractivity contribution is 0.595. The van der Waals surface area contributed by atoms with E-state index in [1.54, 1.807) is 11.2 Å². The number of imidazole rings is 1. The second-order valence-corrected chi connectivity index (χ2v) is 6.18. The highest BCUT2D eigenvalue weighted by Crippen LogP contribution is 2.31. The normalized spacial score (nSPS) is 12.4. The van der Waals surface area contributed by atoms with Gasteiger partial charge in [0, 0.05) is 12.2 Å². The molecular weight excluding hydrogens is 361 g/mol. The van der Waals surface area contributed by atoms with Crippen molar-refractivity contribution in [3.05, 3.63) is 41.8 Å². The quantitative estimate of drug-likeness (QED) is 0.722. The van der Waals surface area contributed by atoms with Gasteiger partial charge in [0.05, 0.1) is 24.8 Å². The number of aromatic nitrogens is 7. The molecule has 0 spiro atoms. The van der Waals surface area contributed by atoms with Gasteiger partial charge in [0.1, 0.15) is 0 Å². The van der Waals surface area contributed by atoms with Crippen LogP contribution in [0.15, 0.2) is 24.9 Å². The number of nitrogens with zero attached hydrogens (tertiary/aromatic N) is 8. The topological polar surface area (TPSA) is 112 Å². The standard InChI is InChI=1S/C15H17ClFN9/c1-8(2)25-6-11(21-7-25)26(15-23-13(16)22-14(18)24-15)9(3)12-19-4-10(17)5-20-12/h4-9H,1-3H3,(H2,18,22,23,24)/t9-/m0/s1. The summed E-state index contributed by atoms with van der Waals surface area (Å²) in [6.07, 6.45) is 5.72. The first-order chi connectivity index (χ1) is 12.3. The zero-order chi connectivity index (χ0) is 18.8. The van der Waals surface area contributed by atoms with E-state index in [-0.39, 0.29) is 23.2 Å². The van der Waals surface area contributed by atoms with Crippen molar-refractivity contribution in [2.75, 3.05) is 10.6 Å². The van der Waals surface area contributed by atoms with E-state index in [1.807, 2.05) is 31.5 Å². The largest absolute Gasteiger partial charge is 0.368 e. The number of anilines is 3. The molecule has 3 aromatic heterocycles. The molecule has 0 bridgehead atoms. The summed E-state index contributed by atoms with van der Waals surface area (Å²) in [6, 6.07) is -0.258. The monoisotopic (exact) mass is 377 g/mol. The summed E-state index contributed by atoms with van der Waals surface area (Å²) in [4.78, 5) is 26.2. The Balaban J connectivity index is 2.09. The minimum atomic E-state index is -0.524. The third-order valence-electron chi connectivity index (χ3n) is 3.66. The highest BCUT2D eigenvalue weighted by Gasteiger charge is 2.26. The molecule has 136 valence electrons. The maximum Gasteiger partial charge on any atom is 0.237 e.